The van der Waals surface area contributed by atoms with Crippen LogP contribution in [0.5, 0.6) is 11.5 Å². The van der Waals surface area contributed by atoms with Gasteiger partial charge < -0.3 is 29.6 Å². The minimum Gasteiger partial charge on any atom is -0.497 e. The zero-order valence-electron chi connectivity index (χ0n) is 18.5. The van der Waals surface area contributed by atoms with Crippen LogP contribution in [0, 0.1) is 0 Å². The molecule has 2 aromatic rings. The van der Waals surface area contributed by atoms with Crippen molar-refractivity contribution in [3.8, 4) is 11.5 Å². The topological polar surface area (TPSA) is 112 Å². The summed E-state index contributed by atoms with van der Waals surface area (Å²) in [5.74, 6) is 0.147. The van der Waals surface area contributed by atoms with Crippen LogP contribution in [-0.2, 0) is 19.1 Å². The number of benzene rings is 2. The van der Waals surface area contributed by atoms with Gasteiger partial charge in [-0.15, -0.1) is 0 Å². The summed E-state index contributed by atoms with van der Waals surface area (Å²) >= 11 is 0. The second-order valence-electron chi connectivity index (χ2n) is 6.99. The lowest BCUT2D eigenvalue weighted by molar-refractivity contribution is -0.144. The molecule has 0 radical (unpaired) electrons. The third-order valence-electron chi connectivity index (χ3n) is 4.79. The molecule has 0 bridgehead atoms. The summed E-state index contributed by atoms with van der Waals surface area (Å²) in [6.45, 7) is 1.67. The molecule has 1 aliphatic heterocycles. The summed E-state index contributed by atoms with van der Waals surface area (Å²) in [6.07, 6.45) is -0.0115. The van der Waals surface area contributed by atoms with E-state index in [2.05, 4.69) is 10.6 Å². The Balaban J connectivity index is 1.65. The van der Waals surface area contributed by atoms with Crippen molar-refractivity contribution in [1.29, 1.82) is 0 Å². The van der Waals surface area contributed by atoms with Crippen LogP contribution in [0.25, 0.3) is 0 Å². The van der Waals surface area contributed by atoms with Gasteiger partial charge in [0.25, 0.3) is 0 Å². The summed E-state index contributed by atoms with van der Waals surface area (Å²) < 4.78 is 21.1. The number of carbonyl (C=O) groups excluding carboxylic acids is 3. The molecule has 2 aromatic carbocycles. The third-order valence-corrected chi connectivity index (χ3v) is 4.79. The van der Waals surface area contributed by atoms with Gasteiger partial charge in [0.05, 0.1) is 44.1 Å². The zero-order valence-corrected chi connectivity index (χ0v) is 18.5. The molecule has 33 heavy (non-hydrogen) atoms. The van der Waals surface area contributed by atoms with E-state index in [1.807, 2.05) is 6.07 Å². The number of amides is 2. The van der Waals surface area contributed by atoms with E-state index in [1.165, 1.54) is 0 Å². The van der Waals surface area contributed by atoms with Crippen molar-refractivity contribution < 1.29 is 33.3 Å². The van der Waals surface area contributed by atoms with Gasteiger partial charge in [-0.1, -0.05) is 30.3 Å². The van der Waals surface area contributed by atoms with E-state index in [9.17, 15) is 14.4 Å². The van der Waals surface area contributed by atoms with Crippen LogP contribution in [0.4, 0.5) is 4.79 Å². The highest BCUT2D eigenvalue weighted by Gasteiger charge is 2.34. The molecule has 0 fully saturated rings. The van der Waals surface area contributed by atoms with Crippen molar-refractivity contribution in [2.24, 2.45) is 0 Å². The van der Waals surface area contributed by atoms with Gasteiger partial charge in [0.15, 0.2) is 0 Å². The van der Waals surface area contributed by atoms with E-state index in [0.717, 1.165) is 0 Å². The summed E-state index contributed by atoms with van der Waals surface area (Å²) in [5.41, 5.74) is 1.06. The molecule has 2 N–H and O–H groups in total. The van der Waals surface area contributed by atoms with Gasteiger partial charge in [-0.05, 0) is 36.8 Å². The summed E-state index contributed by atoms with van der Waals surface area (Å²) in [5, 5.41) is 5.28. The molecule has 0 saturated carbocycles. The van der Waals surface area contributed by atoms with Gasteiger partial charge in [-0.25, -0.2) is 9.59 Å². The molecule has 0 saturated heterocycles. The quantitative estimate of drug-likeness (QED) is 0.531. The average Bonchev–Trinajstić information content (AvgIpc) is 2.83. The molecule has 1 atom stereocenters. The highest BCUT2D eigenvalue weighted by atomic mass is 16.5. The largest absolute Gasteiger partial charge is 0.497 e. The Hall–Kier alpha value is -4.01. The van der Waals surface area contributed by atoms with Crippen LogP contribution in [-0.4, -0.2) is 44.9 Å². The number of nitrogens with one attached hydrogen (secondary N) is 2. The second kappa shape index (κ2) is 11.6. The van der Waals surface area contributed by atoms with Crippen LogP contribution in [0.3, 0.4) is 0 Å². The van der Waals surface area contributed by atoms with Crippen molar-refractivity contribution >= 4 is 18.0 Å². The first-order valence-corrected chi connectivity index (χ1v) is 10.5. The average molecular weight is 454 g/mol. The summed E-state index contributed by atoms with van der Waals surface area (Å²) in [4.78, 5) is 37.1. The van der Waals surface area contributed by atoms with E-state index < -0.39 is 24.0 Å². The molecule has 1 heterocycles. The minimum atomic E-state index is -0.730. The first-order chi connectivity index (χ1) is 16.0. The van der Waals surface area contributed by atoms with Crippen molar-refractivity contribution in [2.45, 2.75) is 19.4 Å². The van der Waals surface area contributed by atoms with Crippen LogP contribution in [0.1, 0.15) is 24.9 Å². The molecule has 1 aliphatic rings. The number of carbonyl (C=O) groups is 3. The standard InChI is InChI=1S/C24H26N2O7/c1-3-31-23(28)21-19(25-24(29)26-22(21)16-7-5-4-6-8-16)15-33-20(27)13-14-32-18-11-9-17(30-2)10-12-18/h4-12,22H,3,13-15H2,1-2H3,(H2,25,26,29). The van der Waals surface area contributed by atoms with Gasteiger partial charge in [0.2, 0.25) is 0 Å². The monoisotopic (exact) mass is 454 g/mol. The maximum Gasteiger partial charge on any atom is 0.338 e. The number of urea groups is 1. The SMILES string of the molecule is CCOC(=O)C1=C(COC(=O)CCOc2ccc(OC)cc2)NC(=O)NC1c1ccccc1. The smallest absolute Gasteiger partial charge is 0.338 e. The number of ether oxygens (including phenoxy) is 4. The first kappa shape index (κ1) is 23.6. The van der Waals surface area contributed by atoms with Crippen LogP contribution < -0.4 is 20.1 Å². The first-order valence-electron chi connectivity index (χ1n) is 10.5. The number of rotatable bonds is 10. The van der Waals surface area contributed by atoms with Crippen molar-refractivity contribution in [2.75, 3.05) is 26.9 Å². The molecule has 3 rings (SSSR count). The van der Waals surface area contributed by atoms with Gasteiger partial charge in [0, 0.05) is 0 Å². The molecular formula is C24H26N2O7. The lowest BCUT2D eigenvalue weighted by Gasteiger charge is -2.29. The fraction of sp³-hybridized carbons (Fsp3) is 0.292. The molecule has 0 aromatic heterocycles. The normalized spacial score (nSPS) is 15.2. The maximum atomic E-state index is 12.7. The molecule has 0 aliphatic carbocycles. The lowest BCUT2D eigenvalue weighted by atomic mass is 9.95. The molecule has 1 unspecified atom stereocenters. The van der Waals surface area contributed by atoms with Gasteiger partial charge in [-0.2, -0.15) is 0 Å². The molecule has 0 spiro atoms. The minimum absolute atomic E-state index is 0.0115. The van der Waals surface area contributed by atoms with Gasteiger partial charge in [-0.3, -0.25) is 4.79 Å². The molecule has 2 amide bonds. The van der Waals surface area contributed by atoms with Crippen LogP contribution >= 0.6 is 0 Å². The number of esters is 2. The number of hydrogen-bond donors (Lipinski definition) is 2. The van der Waals surface area contributed by atoms with Crippen molar-refractivity contribution in [1.82, 2.24) is 10.6 Å². The highest BCUT2D eigenvalue weighted by Crippen LogP contribution is 2.28. The van der Waals surface area contributed by atoms with Crippen LogP contribution in [0.2, 0.25) is 0 Å². The Labute approximate surface area is 191 Å². The molecule has 9 nitrogen and oxygen atoms in total. The fourth-order valence-corrected chi connectivity index (χ4v) is 3.23. The number of hydrogen-bond acceptors (Lipinski definition) is 7. The van der Waals surface area contributed by atoms with Gasteiger partial charge in [0.1, 0.15) is 18.1 Å². The predicted octanol–water partition coefficient (Wildman–Crippen LogP) is 2.88. The maximum absolute atomic E-state index is 12.7. The van der Waals surface area contributed by atoms with E-state index in [0.29, 0.717) is 17.1 Å². The Morgan fingerprint density at radius 3 is 2.33 bits per heavy atom. The van der Waals surface area contributed by atoms with Crippen molar-refractivity contribution in [3.63, 3.8) is 0 Å². The molecule has 9 heteroatoms. The summed E-state index contributed by atoms with van der Waals surface area (Å²) in [6, 6.07) is 14.7. The van der Waals surface area contributed by atoms with E-state index in [1.54, 1.807) is 62.6 Å². The highest BCUT2D eigenvalue weighted by molar-refractivity contribution is 5.95. The Bertz CT molecular complexity index is 1000. The zero-order chi connectivity index (χ0) is 23.6. The Morgan fingerprint density at radius 2 is 1.67 bits per heavy atom. The third kappa shape index (κ3) is 6.49. The summed E-state index contributed by atoms with van der Waals surface area (Å²) in [7, 11) is 1.57. The van der Waals surface area contributed by atoms with E-state index in [-0.39, 0.29) is 37.5 Å². The van der Waals surface area contributed by atoms with Crippen molar-refractivity contribution in [3.05, 3.63) is 71.4 Å². The van der Waals surface area contributed by atoms with E-state index in [4.69, 9.17) is 18.9 Å². The van der Waals surface area contributed by atoms with Gasteiger partial charge >= 0.3 is 18.0 Å². The number of methoxy groups -OCH3 is 1. The molecule has 174 valence electrons. The molecular weight excluding hydrogens is 428 g/mol. The fourth-order valence-electron chi connectivity index (χ4n) is 3.23. The Morgan fingerprint density at radius 1 is 0.970 bits per heavy atom. The van der Waals surface area contributed by atoms with Crippen LogP contribution in [0.15, 0.2) is 65.9 Å². The predicted molar refractivity (Wildman–Crippen MR) is 119 cm³/mol. The Kier molecular flexibility index (Phi) is 8.29. The van der Waals surface area contributed by atoms with E-state index >= 15 is 0 Å². The second-order valence-corrected chi connectivity index (χ2v) is 6.99. The lowest BCUT2D eigenvalue weighted by Crippen LogP contribution is -2.47.